The molecule has 230 valence electrons. The molecule has 3 heteroatoms. The molecule has 0 fully saturated rings. The summed E-state index contributed by atoms with van der Waals surface area (Å²) in [6.45, 7) is 4.53. The van der Waals surface area contributed by atoms with E-state index in [0.717, 1.165) is 32.0 Å². The van der Waals surface area contributed by atoms with Crippen LogP contribution in [0.1, 0.15) is 194 Å². The second-order valence-electron chi connectivity index (χ2n) is 11.3. The van der Waals surface area contributed by atoms with E-state index in [-0.39, 0.29) is 0 Å². The number of carbonyl (C=O) groups is 2. The summed E-state index contributed by atoms with van der Waals surface area (Å²) < 4.78 is 0. The maximum Gasteiger partial charge on any atom is 0.303 e. The van der Waals surface area contributed by atoms with E-state index in [9.17, 15) is 9.59 Å². The van der Waals surface area contributed by atoms with Gasteiger partial charge >= 0.3 is 5.97 Å². The van der Waals surface area contributed by atoms with Gasteiger partial charge in [0.25, 0.3) is 0 Å². The average molecular weight is 549 g/mol. The van der Waals surface area contributed by atoms with E-state index < -0.39 is 5.97 Å². The molecule has 39 heavy (non-hydrogen) atoms. The van der Waals surface area contributed by atoms with Crippen LogP contribution in [0, 0.1) is 0 Å². The third-order valence-electron chi connectivity index (χ3n) is 7.24. The zero-order chi connectivity index (χ0) is 28.9. The molecule has 0 amide bonds. The maximum absolute atomic E-state index is 10.3. The molecule has 0 saturated carbocycles. The van der Waals surface area contributed by atoms with E-state index in [4.69, 9.17) is 5.11 Å². The summed E-state index contributed by atoms with van der Waals surface area (Å²) in [5.41, 5.74) is 0. The molecule has 0 atom stereocenters. The number of hydrogen-bond donors (Lipinski definition) is 1. The maximum atomic E-state index is 10.3. The Hall–Kier alpha value is -1.38. The van der Waals surface area contributed by atoms with Gasteiger partial charge in [-0.3, -0.25) is 4.79 Å². The lowest BCUT2D eigenvalue weighted by atomic mass is 10.1. The van der Waals surface area contributed by atoms with Crippen molar-refractivity contribution in [2.75, 3.05) is 0 Å². The number of rotatable bonds is 30. The van der Waals surface area contributed by atoms with Crippen molar-refractivity contribution in [3.63, 3.8) is 0 Å². The topological polar surface area (TPSA) is 54.4 Å². The molecule has 0 aliphatic rings. The minimum absolute atomic E-state index is 0.332. The Balaban J connectivity index is 0. The number of aliphatic carboxylic acids is 1. The number of carbonyl (C=O) groups excluding carboxylic acids is 1. The Labute approximate surface area is 244 Å². The van der Waals surface area contributed by atoms with Crippen LogP contribution in [0.15, 0.2) is 24.3 Å². The third-order valence-corrected chi connectivity index (χ3v) is 7.24. The Morgan fingerprint density at radius 3 is 1.03 bits per heavy atom. The summed E-state index contributed by atoms with van der Waals surface area (Å²) in [5.74, 6) is -0.664. The molecular formula is C36H68O3. The Morgan fingerprint density at radius 2 is 0.718 bits per heavy atom. The van der Waals surface area contributed by atoms with Crippen molar-refractivity contribution < 1.29 is 14.7 Å². The minimum Gasteiger partial charge on any atom is -0.481 e. The highest BCUT2D eigenvalue weighted by Gasteiger charge is 1.96. The fourth-order valence-corrected chi connectivity index (χ4v) is 4.65. The van der Waals surface area contributed by atoms with Gasteiger partial charge in [-0.2, -0.15) is 0 Å². The summed E-state index contributed by atoms with van der Waals surface area (Å²) in [6, 6.07) is 0. The van der Waals surface area contributed by atoms with E-state index in [2.05, 4.69) is 38.2 Å². The smallest absolute Gasteiger partial charge is 0.303 e. The average Bonchev–Trinajstić information content (AvgIpc) is 2.93. The molecule has 0 unspecified atom stereocenters. The van der Waals surface area contributed by atoms with Gasteiger partial charge in [0.2, 0.25) is 0 Å². The second-order valence-corrected chi connectivity index (χ2v) is 11.3. The van der Waals surface area contributed by atoms with Crippen molar-refractivity contribution >= 4 is 12.3 Å². The molecule has 3 nitrogen and oxygen atoms in total. The molecule has 1 N–H and O–H groups in total. The highest BCUT2D eigenvalue weighted by molar-refractivity contribution is 5.66. The Morgan fingerprint density at radius 1 is 0.436 bits per heavy atom. The van der Waals surface area contributed by atoms with E-state index in [1.54, 1.807) is 0 Å². The van der Waals surface area contributed by atoms with Gasteiger partial charge in [-0.15, -0.1) is 0 Å². The number of aldehydes is 1. The molecule has 0 bridgehead atoms. The fourth-order valence-electron chi connectivity index (χ4n) is 4.65. The van der Waals surface area contributed by atoms with Crippen LogP contribution in [0.3, 0.4) is 0 Å². The number of carboxylic acid groups (broad SMARTS) is 1. The first kappa shape index (κ1) is 39.8. The number of hydrogen-bond acceptors (Lipinski definition) is 2. The van der Waals surface area contributed by atoms with Gasteiger partial charge in [0, 0.05) is 12.8 Å². The first-order valence-electron chi connectivity index (χ1n) is 17.1. The molecule has 0 aromatic rings. The molecule has 0 saturated heterocycles. The van der Waals surface area contributed by atoms with Crippen molar-refractivity contribution in [1.29, 1.82) is 0 Å². The predicted octanol–water partition coefficient (Wildman–Crippen LogP) is 12.3. The summed E-state index contributed by atoms with van der Waals surface area (Å²) >= 11 is 0. The van der Waals surface area contributed by atoms with Gasteiger partial charge < -0.3 is 9.90 Å². The van der Waals surface area contributed by atoms with Crippen molar-refractivity contribution in [2.45, 2.75) is 194 Å². The van der Waals surface area contributed by atoms with Gasteiger partial charge in [-0.05, 0) is 64.2 Å². The summed E-state index contributed by atoms with van der Waals surface area (Å²) in [5, 5.41) is 8.51. The van der Waals surface area contributed by atoms with E-state index >= 15 is 0 Å². The van der Waals surface area contributed by atoms with Gasteiger partial charge in [0.15, 0.2) is 0 Å². The van der Waals surface area contributed by atoms with Crippen molar-refractivity contribution in [2.24, 2.45) is 0 Å². The Kier molecular flexibility index (Phi) is 39.5. The summed E-state index contributed by atoms with van der Waals surface area (Å²) in [7, 11) is 0. The van der Waals surface area contributed by atoms with Crippen molar-refractivity contribution in [1.82, 2.24) is 0 Å². The quantitative estimate of drug-likeness (QED) is 0.0551. The monoisotopic (exact) mass is 549 g/mol. The van der Waals surface area contributed by atoms with Crippen LogP contribution in [-0.4, -0.2) is 17.4 Å². The highest BCUT2D eigenvalue weighted by Crippen LogP contribution is 2.11. The SMILES string of the molecule is CCCCCCCC/C=C/CCCCCCCC(=O)O.CCCCCCCC/C=C/CCCCCCCC=O. The third kappa shape index (κ3) is 43.9. The number of carboxylic acids is 1. The van der Waals surface area contributed by atoms with Crippen molar-refractivity contribution in [3.8, 4) is 0 Å². The molecular weight excluding hydrogens is 480 g/mol. The molecule has 0 spiro atoms. The van der Waals surface area contributed by atoms with E-state index in [1.807, 2.05) is 0 Å². The van der Waals surface area contributed by atoms with Crippen LogP contribution >= 0.6 is 0 Å². The lowest BCUT2D eigenvalue weighted by Gasteiger charge is -1.99. The Bertz CT molecular complexity index is 523. The summed E-state index contributed by atoms with van der Waals surface area (Å²) in [4.78, 5) is 20.5. The molecule has 0 aliphatic carbocycles. The molecule has 0 rings (SSSR count). The minimum atomic E-state index is -0.664. The van der Waals surface area contributed by atoms with Gasteiger partial charge in [-0.1, -0.05) is 141 Å². The molecule has 0 radical (unpaired) electrons. The van der Waals surface area contributed by atoms with Crippen LogP contribution in [-0.2, 0) is 9.59 Å². The van der Waals surface area contributed by atoms with Gasteiger partial charge in [0.05, 0.1) is 0 Å². The van der Waals surface area contributed by atoms with Crippen LogP contribution < -0.4 is 0 Å². The number of allylic oxidation sites excluding steroid dienone is 4. The first-order valence-corrected chi connectivity index (χ1v) is 17.1. The van der Waals surface area contributed by atoms with Crippen LogP contribution in [0.25, 0.3) is 0 Å². The normalized spacial score (nSPS) is 11.2. The van der Waals surface area contributed by atoms with Crippen LogP contribution in [0.4, 0.5) is 0 Å². The van der Waals surface area contributed by atoms with E-state index in [1.165, 1.54) is 148 Å². The molecule has 0 aromatic heterocycles. The summed E-state index contributed by atoms with van der Waals surface area (Å²) in [6.07, 6.45) is 44.8. The largest absolute Gasteiger partial charge is 0.481 e. The van der Waals surface area contributed by atoms with Crippen molar-refractivity contribution in [3.05, 3.63) is 24.3 Å². The molecule has 0 heterocycles. The van der Waals surface area contributed by atoms with Gasteiger partial charge in [-0.25, -0.2) is 0 Å². The van der Waals surface area contributed by atoms with Gasteiger partial charge in [0.1, 0.15) is 6.29 Å². The van der Waals surface area contributed by atoms with Crippen LogP contribution in [0.5, 0.6) is 0 Å². The number of unbranched alkanes of at least 4 members (excludes halogenated alkanes) is 23. The standard InChI is InChI=1S/C18H34O2.C18H34O/c1-2-3-4-5-6-7-8-9-10-11-12-13-14-15-16-17-18(19)20;1-2-3-4-5-6-7-8-9-10-11-12-13-14-15-16-17-18-19/h9-10H,2-8,11-17H2,1H3,(H,19,20);9-10,18H,2-8,11-17H2,1H3/b2*10-9+. The highest BCUT2D eigenvalue weighted by atomic mass is 16.4. The zero-order valence-corrected chi connectivity index (χ0v) is 26.4. The predicted molar refractivity (Wildman–Crippen MR) is 173 cm³/mol. The molecule has 0 aromatic carbocycles. The zero-order valence-electron chi connectivity index (χ0n) is 26.4. The lowest BCUT2D eigenvalue weighted by molar-refractivity contribution is -0.137. The lowest BCUT2D eigenvalue weighted by Crippen LogP contribution is -1.93. The molecule has 0 aliphatic heterocycles. The first-order chi connectivity index (χ1) is 19.2. The van der Waals surface area contributed by atoms with E-state index in [0.29, 0.717) is 6.42 Å². The fraction of sp³-hybridized carbons (Fsp3) is 0.833. The second kappa shape index (κ2) is 38.8. The van der Waals surface area contributed by atoms with Crippen LogP contribution in [0.2, 0.25) is 0 Å².